The second kappa shape index (κ2) is 4.47. The van der Waals surface area contributed by atoms with Crippen molar-refractivity contribution in [1.82, 2.24) is 5.32 Å². The zero-order chi connectivity index (χ0) is 13.7. The third kappa shape index (κ3) is 2.20. The summed E-state index contributed by atoms with van der Waals surface area (Å²) in [4.78, 5) is 12.6. The molecule has 3 N–H and O–H groups in total. The summed E-state index contributed by atoms with van der Waals surface area (Å²) in [5, 5.41) is 3.40. The van der Waals surface area contributed by atoms with Gasteiger partial charge in [0.25, 0.3) is 0 Å². The molecule has 0 aliphatic heterocycles. The van der Waals surface area contributed by atoms with Crippen molar-refractivity contribution >= 4 is 5.91 Å². The molecule has 4 rings (SSSR count). The number of carbonyl (C=O) groups excluding carboxylic acids is 1. The van der Waals surface area contributed by atoms with Gasteiger partial charge in [0.15, 0.2) is 0 Å². The Kier molecular flexibility index (Phi) is 3.16. The molecule has 4 aliphatic rings. The number of nitrogens with two attached hydrogens (primary N) is 1. The predicted molar refractivity (Wildman–Crippen MR) is 76.5 cm³/mol. The minimum absolute atomic E-state index is 0.0967. The van der Waals surface area contributed by atoms with Crippen LogP contribution in [0.1, 0.15) is 65.2 Å². The lowest BCUT2D eigenvalue weighted by molar-refractivity contribution is -0.132. The standard InChI is InChI=1S/C16H28N2O/c1-3-16(17,4-2)14(19)18-15-8-11-5-12(9-15)7-13(6-11)10-15/h11-13H,3-10,17H2,1-2H3,(H,18,19). The Morgan fingerprint density at radius 3 is 1.89 bits per heavy atom. The SMILES string of the molecule is CCC(N)(CC)C(=O)NC12CC3CC(CC(C3)C1)C2. The molecule has 3 heteroatoms. The van der Waals surface area contributed by atoms with Crippen LogP contribution >= 0.6 is 0 Å². The van der Waals surface area contributed by atoms with E-state index in [-0.39, 0.29) is 11.4 Å². The molecule has 0 radical (unpaired) electrons. The van der Waals surface area contributed by atoms with Crippen LogP contribution in [0.25, 0.3) is 0 Å². The first-order chi connectivity index (χ1) is 8.98. The van der Waals surface area contributed by atoms with Gasteiger partial charge in [0.2, 0.25) is 5.91 Å². The molecule has 0 heterocycles. The Balaban J connectivity index is 1.74. The molecule has 0 aromatic carbocycles. The highest BCUT2D eigenvalue weighted by molar-refractivity contribution is 5.86. The summed E-state index contributed by atoms with van der Waals surface area (Å²) in [6, 6.07) is 0. The first kappa shape index (κ1) is 13.4. The zero-order valence-corrected chi connectivity index (χ0v) is 12.4. The molecule has 4 saturated carbocycles. The normalized spacial score (nSPS) is 40.5. The topological polar surface area (TPSA) is 55.1 Å². The van der Waals surface area contributed by atoms with Gasteiger partial charge >= 0.3 is 0 Å². The summed E-state index contributed by atoms with van der Waals surface area (Å²) in [6.07, 6.45) is 9.28. The van der Waals surface area contributed by atoms with Crippen LogP contribution < -0.4 is 11.1 Å². The quantitative estimate of drug-likeness (QED) is 0.820. The van der Waals surface area contributed by atoms with Crippen LogP contribution in [0, 0.1) is 17.8 Å². The van der Waals surface area contributed by atoms with Crippen LogP contribution in [-0.2, 0) is 4.79 Å². The van der Waals surface area contributed by atoms with E-state index in [0.29, 0.717) is 0 Å². The van der Waals surface area contributed by atoms with Crippen molar-refractivity contribution in [2.75, 3.05) is 0 Å². The molecular weight excluding hydrogens is 236 g/mol. The van der Waals surface area contributed by atoms with Crippen molar-refractivity contribution in [1.29, 1.82) is 0 Å². The summed E-state index contributed by atoms with van der Waals surface area (Å²) in [7, 11) is 0. The highest BCUT2D eigenvalue weighted by atomic mass is 16.2. The maximum absolute atomic E-state index is 12.6. The number of hydrogen-bond donors (Lipinski definition) is 2. The second-order valence-corrected chi connectivity index (χ2v) is 7.52. The van der Waals surface area contributed by atoms with Crippen molar-refractivity contribution in [3.8, 4) is 0 Å². The van der Waals surface area contributed by atoms with Gasteiger partial charge in [-0.15, -0.1) is 0 Å². The Bertz CT molecular complexity index is 338. The van der Waals surface area contributed by atoms with E-state index in [9.17, 15) is 4.79 Å². The van der Waals surface area contributed by atoms with E-state index in [0.717, 1.165) is 30.6 Å². The third-order valence-corrected chi connectivity index (χ3v) is 6.13. The van der Waals surface area contributed by atoms with E-state index in [4.69, 9.17) is 5.73 Å². The van der Waals surface area contributed by atoms with Gasteiger partial charge in [0, 0.05) is 5.54 Å². The molecule has 0 saturated heterocycles. The van der Waals surface area contributed by atoms with Crippen molar-refractivity contribution in [2.45, 2.75) is 76.3 Å². The van der Waals surface area contributed by atoms with E-state index in [1.54, 1.807) is 0 Å². The van der Waals surface area contributed by atoms with Crippen LogP contribution in [0.3, 0.4) is 0 Å². The third-order valence-electron chi connectivity index (χ3n) is 6.13. The molecule has 0 aromatic rings. The Hall–Kier alpha value is -0.570. The molecule has 4 aliphatic carbocycles. The van der Waals surface area contributed by atoms with Crippen molar-refractivity contribution in [2.24, 2.45) is 23.5 Å². The number of hydrogen-bond acceptors (Lipinski definition) is 2. The van der Waals surface area contributed by atoms with Crippen molar-refractivity contribution in [3.63, 3.8) is 0 Å². The number of carbonyl (C=O) groups is 1. The molecule has 4 fully saturated rings. The smallest absolute Gasteiger partial charge is 0.240 e. The van der Waals surface area contributed by atoms with Gasteiger partial charge in [0.05, 0.1) is 5.54 Å². The monoisotopic (exact) mass is 264 g/mol. The van der Waals surface area contributed by atoms with Gasteiger partial charge < -0.3 is 11.1 Å². The molecular formula is C16H28N2O. The van der Waals surface area contributed by atoms with Crippen molar-refractivity contribution < 1.29 is 4.79 Å². The molecule has 0 aromatic heterocycles. The minimum Gasteiger partial charge on any atom is -0.349 e. The Morgan fingerprint density at radius 2 is 1.53 bits per heavy atom. The lowest BCUT2D eigenvalue weighted by Crippen LogP contribution is -2.65. The van der Waals surface area contributed by atoms with Crippen molar-refractivity contribution in [3.05, 3.63) is 0 Å². The second-order valence-electron chi connectivity index (χ2n) is 7.52. The molecule has 4 bridgehead atoms. The molecule has 0 atom stereocenters. The van der Waals surface area contributed by atoms with E-state index in [1.807, 2.05) is 13.8 Å². The van der Waals surface area contributed by atoms with Gasteiger partial charge in [-0.25, -0.2) is 0 Å². The van der Waals surface area contributed by atoms with Crippen LogP contribution in [0.5, 0.6) is 0 Å². The van der Waals surface area contributed by atoms with Crippen LogP contribution in [0.4, 0.5) is 0 Å². The number of amides is 1. The van der Waals surface area contributed by atoms with Gasteiger partial charge in [-0.1, -0.05) is 13.8 Å². The summed E-state index contributed by atoms with van der Waals surface area (Å²) in [5.74, 6) is 2.69. The summed E-state index contributed by atoms with van der Waals surface area (Å²) >= 11 is 0. The molecule has 0 unspecified atom stereocenters. The highest BCUT2D eigenvalue weighted by Crippen LogP contribution is 2.55. The van der Waals surface area contributed by atoms with E-state index >= 15 is 0 Å². The van der Waals surface area contributed by atoms with Gasteiger partial charge in [-0.2, -0.15) is 0 Å². The first-order valence-corrected chi connectivity index (χ1v) is 8.10. The van der Waals surface area contributed by atoms with E-state index in [1.165, 1.54) is 38.5 Å². The minimum atomic E-state index is -0.663. The Morgan fingerprint density at radius 1 is 1.11 bits per heavy atom. The average Bonchev–Trinajstić information content (AvgIpc) is 2.35. The van der Waals surface area contributed by atoms with Crippen LogP contribution in [0.15, 0.2) is 0 Å². The lowest BCUT2D eigenvalue weighted by Gasteiger charge is -2.57. The number of rotatable bonds is 4. The first-order valence-electron chi connectivity index (χ1n) is 8.10. The number of nitrogens with one attached hydrogen (secondary N) is 1. The summed E-state index contributed by atoms with van der Waals surface area (Å²) < 4.78 is 0. The fourth-order valence-corrected chi connectivity index (χ4v) is 5.20. The van der Waals surface area contributed by atoms with Crippen LogP contribution in [0.2, 0.25) is 0 Å². The molecule has 3 nitrogen and oxygen atoms in total. The van der Waals surface area contributed by atoms with Gasteiger partial charge in [-0.3, -0.25) is 4.79 Å². The molecule has 1 amide bonds. The van der Waals surface area contributed by atoms with Gasteiger partial charge in [0.1, 0.15) is 0 Å². The Labute approximate surface area is 116 Å². The predicted octanol–water partition coefficient (Wildman–Crippen LogP) is 2.59. The van der Waals surface area contributed by atoms with E-state index in [2.05, 4.69) is 5.32 Å². The summed E-state index contributed by atoms with van der Waals surface area (Å²) in [6.45, 7) is 4.03. The largest absolute Gasteiger partial charge is 0.349 e. The summed E-state index contributed by atoms with van der Waals surface area (Å²) in [5.41, 5.74) is 5.69. The van der Waals surface area contributed by atoms with Gasteiger partial charge in [-0.05, 0) is 69.1 Å². The maximum atomic E-state index is 12.6. The average molecular weight is 264 g/mol. The fourth-order valence-electron chi connectivity index (χ4n) is 5.20. The lowest BCUT2D eigenvalue weighted by atomic mass is 9.53. The zero-order valence-electron chi connectivity index (χ0n) is 12.4. The fraction of sp³-hybridized carbons (Fsp3) is 0.938. The molecule has 19 heavy (non-hydrogen) atoms. The highest BCUT2D eigenvalue weighted by Gasteiger charge is 2.52. The maximum Gasteiger partial charge on any atom is 0.240 e. The molecule has 108 valence electrons. The van der Waals surface area contributed by atoms with Crippen LogP contribution in [-0.4, -0.2) is 17.0 Å². The van der Waals surface area contributed by atoms with E-state index < -0.39 is 5.54 Å². The molecule has 0 spiro atoms.